The molecule has 0 bridgehead atoms. The molecule has 0 unspecified atom stereocenters. The van der Waals surface area contributed by atoms with Crippen molar-refractivity contribution in [3.8, 4) is 0 Å². The van der Waals surface area contributed by atoms with E-state index in [-0.39, 0.29) is 24.8 Å². The summed E-state index contributed by atoms with van der Waals surface area (Å²) in [7, 11) is 0. The third-order valence-corrected chi connectivity index (χ3v) is 16.7. The second-order valence-electron chi connectivity index (χ2n) is 5.51. The van der Waals surface area contributed by atoms with Gasteiger partial charge in [-0.25, -0.2) is 0 Å². The zero-order valence-electron chi connectivity index (χ0n) is 11.8. The molecule has 1 fully saturated rings. The van der Waals surface area contributed by atoms with E-state index in [0.717, 1.165) is 0 Å². The smallest absolute Gasteiger partial charge is 1.00 e. The summed E-state index contributed by atoms with van der Waals surface area (Å²) in [5.74, 6) is 0. The van der Waals surface area contributed by atoms with E-state index in [2.05, 4.69) is 38.2 Å². The third-order valence-electron chi connectivity index (χ3n) is 4.72. The normalized spacial score (nSPS) is 20.9. The van der Waals surface area contributed by atoms with Crippen LogP contribution in [0.15, 0.2) is 42.0 Å². The molecule has 1 heterocycles. The van der Waals surface area contributed by atoms with Crippen molar-refractivity contribution in [2.24, 2.45) is 0 Å². The Bertz CT molecular complexity index is 425. The molecule has 0 spiro atoms. The fourth-order valence-electron chi connectivity index (χ4n) is 3.68. The van der Waals surface area contributed by atoms with Gasteiger partial charge in [0.1, 0.15) is 0 Å². The predicted molar refractivity (Wildman–Crippen MR) is 71.8 cm³/mol. The minimum atomic E-state index is -1.95. The maximum Gasteiger partial charge on any atom is -1.00 e. The molecule has 0 atom stereocenters. The Balaban J connectivity index is 0.000000902. The van der Waals surface area contributed by atoms with Gasteiger partial charge in [0.15, 0.2) is 0 Å². The molecule has 0 aromatic heterocycles. The van der Waals surface area contributed by atoms with Crippen molar-refractivity contribution in [3.63, 3.8) is 0 Å². The van der Waals surface area contributed by atoms with Crippen LogP contribution >= 0.6 is 0 Å². The molecule has 0 radical (unpaired) electrons. The molecule has 3 aliphatic rings. The van der Waals surface area contributed by atoms with Gasteiger partial charge in [0.2, 0.25) is 0 Å². The largest absolute Gasteiger partial charge is 1.00 e. The van der Waals surface area contributed by atoms with Crippen molar-refractivity contribution in [3.05, 3.63) is 42.0 Å². The fraction of sp³-hybridized carbons (Fsp3) is 0.500. The summed E-state index contributed by atoms with van der Waals surface area (Å²) >= 11 is -1.95. The molecule has 3 rings (SSSR count). The summed E-state index contributed by atoms with van der Waals surface area (Å²) in [5, 5.41) is 0. The molecule has 0 nitrogen and oxygen atoms in total. The predicted octanol–water partition coefficient (Wildman–Crippen LogP) is -0.753. The van der Waals surface area contributed by atoms with Crippen molar-refractivity contribution in [2.45, 2.75) is 47.8 Å². The molecule has 0 N–H and O–H groups in total. The van der Waals surface area contributed by atoms with Crippen LogP contribution in [0.5, 0.6) is 0 Å². The molecule has 19 heavy (non-hydrogen) atoms. The average molecular weight is 376 g/mol. The Kier molecular flexibility index (Phi) is 6.37. The van der Waals surface area contributed by atoms with Gasteiger partial charge in [0.05, 0.1) is 0 Å². The first-order valence-electron chi connectivity index (χ1n) is 7.10. The van der Waals surface area contributed by atoms with E-state index < -0.39 is 20.3 Å². The Hall–Kier alpha value is 0.423. The van der Waals surface area contributed by atoms with Gasteiger partial charge in [0, 0.05) is 0 Å². The zero-order chi connectivity index (χ0) is 11.9. The van der Waals surface area contributed by atoms with Crippen LogP contribution in [0.1, 0.15) is 39.5 Å². The van der Waals surface area contributed by atoms with E-state index in [1.54, 1.807) is 19.4 Å². The van der Waals surface area contributed by atoms with Crippen LogP contribution in [0, 0.1) is 0 Å². The Morgan fingerprint density at radius 2 is 1.26 bits per heavy atom. The van der Waals surface area contributed by atoms with E-state index in [1.807, 2.05) is 6.56 Å². The van der Waals surface area contributed by atoms with E-state index in [4.69, 9.17) is 0 Å². The minimum Gasteiger partial charge on any atom is -1.00 e. The molecule has 1 saturated heterocycles. The summed E-state index contributed by atoms with van der Waals surface area (Å²) in [6, 6.07) is 0. The van der Waals surface area contributed by atoms with Crippen LogP contribution in [0.2, 0.25) is 8.26 Å². The zero-order valence-corrected chi connectivity index (χ0v) is 15.8. The number of hydrogen-bond donors (Lipinski definition) is 0. The second kappa shape index (κ2) is 6.92. The Morgan fingerprint density at radius 3 is 1.58 bits per heavy atom. The van der Waals surface area contributed by atoms with Gasteiger partial charge in [-0.3, -0.25) is 0 Å². The number of rotatable bonds is 4. The minimum absolute atomic E-state index is 0. The van der Waals surface area contributed by atoms with E-state index in [1.165, 1.54) is 25.7 Å². The molecule has 0 saturated carbocycles. The first-order valence-corrected chi connectivity index (χ1v) is 13.0. The molecule has 3 heteroatoms. The maximum atomic E-state index is 2.42. The summed E-state index contributed by atoms with van der Waals surface area (Å²) in [5.41, 5.74) is 3.43. The fourth-order valence-corrected chi connectivity index (χ4v) is 18.6. The van der Waals surface area contributed by atoms with Crippen molar-refractivity contribution >= 4 is 0 Å². The van der Waals surface area contributed by atoms with Gasteiger partial charge in [-0.05, 0) is 0 Å². The van der Waals surface area contributed by atoms with Crippen molar-refractivity contribution in [1.29, 1.82) is 0 Å². The molecule has 0 amide bonds. The van der Waals surface area contributed by atoms with Crippen LogP contribution in [0.4, 0.5) is 0 Å². The van der Waals surface area contributed by atoms with Crippen LogP contribution < -0.4 is 24.8 Å². The van der Waals surface area contributed by atoms with Crippen molar-refractivity contribution < 1.29 is 45.1 Å². The molecule has 104 valence electrons. The Morgan fingerprint density at radius 1 is 0.842 bits per heavy atom. The molecule has 0 aromatic carbocycles. The summed E-state index contributed by atoms with van der Waals surface area (Å²) in [6.07, 6.45) is 14.8. The van der Waals surface area contributed by atoms with Crippen LogP contribution in [0.3, 0.4) is 0 Å². The standard InChI is InChI=1S/2C7H9.C2H4.2ClH.Zr/c2*1-2-7-5-3-4-6-7;1-2;;;/h2*3,5H,2,4H2,1H3;1-2H2;2*1H;/q;;;;;+2/p-2. The van der Waals surface area contributed by atoms with Crippen LogP contribution in [0.25, 0.3) is 0 Å². The van der Waals surface area contributed by atoms with Crippen LogP contribution in [-0.4, -0.2) is 0 Å². The third kappa shape index (κ3) is 2.90. The summed E-state index contributed by atoms with van der Waals surface area (Å²) in [4.78, 5) is 0. The first kappa shape index (κ1) is 17.5. The van der Waals surface area contributed by atoms with Crippen LogP contribution in [-0.2, 0) is 20.3 Å². The second-order valence-corrected chi connectivity index (χ2v) is 16.3. The number of allylic oxidation sites excluding steroid dienone is 8. The number of halogens is 2. The maximum absolute atomic E-state index is 2.42. The molecule has 2 aliphatic carbocycles. The number of hydrogen-bond acceptors (Lipinski definition) is 0. The van der Waals surface area contributed by atoms with Gasteiger partial charge in [-0.2, -0.15) is 0 Å². The van der Waals surface area contributed by atoms with E-state index in [0.29, 0.717) is 0 Å². The van der Waals surface area contributed by atoms with Crippen molar-refractivity contribution in [1.82, 2.24) is 0 Å². The quantitative estimate of drug-likeness (QED) is 0.606. The van der Waals surface area contributed by atoms with Gasteiger partial charge in [0.25, 0.3) is 0 Å². The van der Waals surface area contributed by atoms with Crippen molar-refractivity contribution in [2.75, 3.05) is 0 Å². The van der Waals surface area contributed by atoms with E-state index >= 15 is 0 Å². The molecular formula is C16H22Cl2Zr. The molecule has 1 aliphatic heterocycles. The SMILES string of the molecule is CCC1=[C]([Zr+2]2([C]3=C(CC)C=CC3)[CH2][CH2]2)CC=C1.[Cl-].[Cl-]. The summed E-state index contributed by atoms with van der Waals surface area (Å²) < 4.78 is 7.14. The van der Waals surface area contributed by atoms with Gasteiger partial charge < -0.3 is 24.8 Å². The molecular weight excluding hydrogens is 354 g/mol. The monoisotopic (exact) mass is 374 g/mol. The molecule has 0 aromatic rings. The van der Waals surface area contributed by atoms with Gasteiger partial charge in [-0.15, -0.1) is 0 Å². The van der Waals surface area contributed by atoms with Gasteiger partial charge >= 0.3 is 110 Å². The van der Waals surface area contributed by atoms with Gasteiger partial charge in [-0.1, -0.05) is 0 Å². The van der Waals surface area contributed by atoms with E-state index in [9.17, 15) is 0 Å². The first-order chi connectivity index (χ1) is 8.31. The topological polar surface area (TPSA) is 0 Å². The summed E-state index contributed by atoms with van der Waals surface area (Å²) in [6.45, 7) is 4.66. The average Bonchev–Trinajstić information content (AvgIpc) is 2.85. The Labute approximate surface area is 134 Å².